The molecular formula is C17H12Cl2N4O2. The molecule has 0 radical (unpaired) electrons. The quantitative estimate of drug-likeness (QED) is 0.478. The Bertz CT molecular complexity index is 953. The summed E-state index contributed by atoms with van der Waals surface area (Å²) in [5, 5.41) is 21.1. The van der Waals surface area contributed by atoms with Gasteiger partial charge in [0.1, 0.15) is 11.4 Å². The van der Waals surface area contributed by atoms with E-state index in [1.54, 1.807) is 42.5 Å². The Hall–Kier alpha value is -2.83. The second kappa shape index (κ2) is 7.38. The van der Waals surface area contributed by atoms with E-state index in [1.165, 1.54) is 12.3 Å². The molecule has 126 valence electrons. The molecule has 3 aromatic rings. The van der Waals surface area contributed by atoms with E-state index in [9.17, 15) is 9.90 Å². The number of carbonyl (C=O) groups is 1. The lowest BCUT2D eigenvalue weighted by atomic mass is 10.1. The van der Waals surface area contributed by atoms with Crippen molar-refractivity contribution in [3.8, 4) is 17.0 Å². The summed E-state index contributed by atoms with van der Waals surface area (Å²) >= 11 is 12.1. The first-order valence-electron chi connectivity index (χ1n) is 7.17. The van der Waals surface area contributed by atoms with E-state index in [0.29, 0.717) is 26.9 Å². The van der Waals surface area contributed by atoms with E-state index in [2.05, 4.69) is 20.7 Å². The van der Waals surface area contributed by atoms with E-state index in [0.717, 1.165) is 0 Å². The summed E-state index contributed by atoms with van der Waals surface area (Å²) in [6.07, 6.45) is 1.35. The minimum atomic E-state index is -0.483. The zero-order chi connectivity index (χ0) is 17.8. The van der Waals surface area contributed by atoms with Crippen LogP contribution in [0.15, 0.2) is 53.6 Å². The predicted molar refractivity (Wildman–Crippen MR) is 97.2 cm³/mol. The van der Waals surface area contributed by atoms with Crippen LogP contribution < -0.4 is 5.43 Å². The number of hydrogen-bond donors (Lipinski definition) is 3. The number of halogens is 2. The Kier molecular flexibility index (Phi) is 5.02. The molecule has 0 aliphatic rings. The molecule has 3 rings (SSSR count). The second-order valence-electron chi connectivity index (χ2n) is 5.05. The van der Waals surface area contributed by atoms with Crippen molar-refractivity contribution in [1.29, 1.82) is 0 Å². The average Bonchev–Trinajstić information content (AvgIpc) is 3.08. The molecule has 1 aromatic heterocycles. The third kappa shape index (κ3) is 3.99. The van der Waals surface area contributed by atoms with Gasteiger partial charge in [-0.1, -0.05) is 35.3 Å². The Morgan fingerprint density at radius 1 is 1.20 bits per heavy atom. The number of rotatable bonds is 4. The molecule has 0 unspecified atom stereocenters. The monoisotopic (exact) mass is 374 g/mol. The lowest BCUT2D eigenvalue weighted by Gasteiger charge is -2.00. The van der Waals surface area contributed by atoms with E-state index in [1.807, 2.05) is 0 Å². The van der Waals surface area contributed by atoms with Gasteiger partial charge in [-0.15, -0.1) is 0 Å². The van der Waals surface area contributed by atoms with Crippen molar-refractivity contribution in [3.05, 3.63) is 69.8 Å². The van der Waals surface area contributed by atoms with E-state index in [4.69, 9.17) is 23.2 Å². The van der Waals surface area contributed by atoms with Crippen LogP contribution in [0.25, 0.3) is 11.3 Å². The first-order chi connectivity index (χ1) is 12.0. The maximum absolute atomic E-state index is 12.1. The van der Waals surface area contributed by atoms with Crippen LogP contribution >= 0.6 is 23.2 Å². The van der Waals surface area contributed by atoms with Crippen LogP contribution in [-0.2, 0) is 0 Å². The maximum atomic E-state index is 12.1. The number of para-hydroxylation sites is 1. The number of benzene rings is 2. The van der Waals surface area contributed by atoms with Crippen LogP contribution in [0.4, 0.5) is 0 Å². The Labute approximate surface area is 153 Å². The molecule has 1 heterocycles. The number of carbonyl (C=O) groups excluding carboxylic acids is 1. The SMILES string of the molecule is O=C(NN=Cc1ccccc1O)c1cc(-c2cc(Cl)ccc2Cl)n[nH]1. The van der Waals surface area contributed by atoms with Crippen molar-refractivity contribution in [2.75, 3.05) is 0 Å². The molecule has 1 amide bonds. The number of phenolic OH excluding ortho intramolecular Hbond substituents is 1. The summed E-state index contributed by atoms with van der Waals surface area (Å²) in [5.41, 5.74) is 4.15. The summed E-state index contributed by atoms with van der Waals surface area (Å²) < 4.78 is 0. The van der Waals surface area contributed by atoms with Gasteiger partial charge in [-0.3, -0.25) is 9.89 Å². The molecule has 0 saturated carbocycles. The molecule has 25 heavy (non-hydrogen) atoms. The third-order valence-corrected chi connectivity index (χ3v) is 3.90. The zero-order valence-electron chi connectivity index (χ0n) is 12.7. The minimum absolute atomic E-state index is 0.0694. The highest BCUT2D eigenvalue weighted by Crippen LogP contribution is 2.29. The second-order valence-corrected chi connectivity index (χ2v) is 5.89. The van der Waals surface area contributed by atoms with Crippen molar-refractivity contribution in [3.63, 3.8) is 0 Å². The van der Waals surface area contributed by atoms with Crippen LogP contribution in [0, 0.1) is 0 Å². The highest BCUT2D eigenvalue weighted by Gasteiger charge is 2.13. The van der Waals surface area contributed by atoms with Crippen LogP contribution in [0.2, 0.25) is 10.0 Å². The Morgan fingerprint density at radius 2 is 2.00 bits per heavy atom. The summed E-state index contributed by atoms with van der Waals surface area (Å²) in [4.78, 5) is 12.1. The molecule has 2 aromatic carbocycles. The molecule has 3 N–H and O–H groups in total. The van der Waals surface area contributed by atoms with Crippen molar-refractivity contribution in [2.45, 2.75) is 0 Å². The van der Waals surface area contributed by atoms with Crippen molar-refractivity contribution in [2.24, 2.45) is 5.10 Å². The number of hydrazone groups is 1. The maximum Gasteiger partial charge on any atom is 0.289 e. The number of H-pyrrole nitrogens is 1. The largest absolute Gasteiger partial charge is 0.507 e. The summed E-state index contributed by atoms with van der Waals surface area (Å²) in [6, 6.07) is 13.2. The van der Waals surface area contributed by atoms with Gasteiger partial charge in [0.2, 0.25) is 0 Å². The van der Waals surface area contributed by atoms with E-state index < -0.39 is 5.91 Å². The number of phenols is 1. The van der Waals surface area contributed by atoms with Gasteiger partial charge in [0.05, 0.1) is 16.9 Å². The molecule has 0 aliphatic carbocycles. The highest BCUT2D eigenvalue weighted by atomic mass is 35.5. The van der Waals surface area contributed by atoms with Gasteiger partial charge in [0.25, 0.3) is 5.91 Å². The molecule has 0 aliphatic heterocycles. The molecule has 8 heteroatoms. The number of aromatic hydroxyl groups is 1. The van der Waals surface area contributed by atoms with E-state index in [-0.39, 0.29) is 11.4 Å². The molecule has 0 fully saturated rings. The number of hydrogen-bond acceptors (Lipinski definition) is 4. The van der Waals surface area contributed by atoms with Crippen LogP contribution in [0.5, 0.6) is 5.75 Å². The molecule has 0 bridgehead atoms. The predicted octanol–water partition coefficient (Wildman–Crippen LogP) is 3.85. The molecular weight excluding hydrogens is 363 g/mol. The van der Waals surface area contributed by atoms with Crippen LogP contribution in [0.1, 0.15) is 16.1 Å². The van der Waals surface area contributed by atoms with Crippen molar-refractivity contribution < 1.29 is 9.90 Å². The number of amides is 1. The number of aromatic amines is 1. The Morgan fingerprint density at radius 3 is 2.80 bits per heavy atom. The highest BCUT2D eigenvalue weighted by molar-refractivity contribution is 6.35. The van der Waals surface area contributed by atoms with Gasteiger partial charge in [-0.25, -0.2) is 5.43 Å². The standard InChI is InChI=1S/C17H12Cl2N4O2/c18-11-5-6-13(19)12(7-11)14-8-15(22-21-14)17(25)23-20-9-10-3-1-2-4-16(10)24/h1-9,24H,(H,21,22)(H,23,25). The van der Waals surface area contributed by atoms with Crippen LogP contribution in [0.3, 0.4) is 0 Å². The third-order valence-electron chi connectivity index (χ3n) is 3.33. The Balaban J connectivity index is 1.73. The first-order valence-corrected chi connectivity index (χ1v) is 7.92. The van der Waals surface area contributed by atoms with E-state index >= 15 is 0 Å². The van der Waals surface area contributed by atoms with Gasteiger partial charge < -0.3 is 5.11 Å². The van der Waals surface area contributed by atoms with Crippen molar-refractivity contribution in [1.82, 2.24) is 15.6 Å². The molecule has 0 spiro atoms. The zero-order valence-corrected chi connectivity index (χ0v) is 14.2. The number of aromatic nitrogens is 2. The van der Waals surface area contributed by atoms with Crippen LogP contribution in [-0.4, -0.2) is 27.4 Å². The fourth-order valence-corrected chi connectivity index (χ4v) is 2.47. The van der Waals surface area contributed by atoms with Gasteiger partial charge in [-0.05, 0) is 36.4 Å². The number of nitrogens with zero attached hydrogens (tertiary/aromatic N) is 2. The topological polar surface area (TPSA) is 90.4 Å². The van der Waals surface area contributed by atoms with Gasteiger partial charge >= 0.3 is 0 Å². The summed E-state index contributed by atoms with van der Waals surface area (Å²) in [7, 11) is 0. The first kappa shape index (κ1) is 17.0. The fourth-order valence-electron chi connectivity index (χ4n) is 2.09. The molecule has 6 nitrogen and oxygen atoms in total. The average molecular weight is 375 g/mol. The minimum Gasteiger partial charge on any atom is -0.507 e. The lowest BCUT2D eigenvalue weighted by molar-refractivity contribution is 0.0950. The van der Waals surface area contributed by atoms with Gasteiger partial charge in [0, 0.05) is 16.1 Å². The summed E-state index contributed by atoms with van der Waals surface area (Å²) in [5.74, 6) is -0.413. The fraction of sp³-hybridized carbons (Fsp3) is 0. The lowest BCUT2D eigenvalue weighted by Crippen LogP contribution is -2.18. The normalized spacial score (nSPS) is 11.0. The van der Waals surface area contributed by atoms with Crippen molar-refractivity contribution >= 4 is 35.3 Å². The molecule has 0 saturated heterocycles. The number of nitrogens with one attached hydrogen (secondary N) is 2. The van der Waals surface area contributed by atoms with Gasteiger partial charge in [-0.2, -0.15) is 10.2 Å². The smallest absolute Gasteiger partial charge is 0.289 e. The molecule has 0 atom stereocenters. The summed E-state index contributed by atoms with van der Waals surface area (Å²) in [6.45, 7) is 0. The van der Waals surface area contributed by atoms with Gasteiger partial charge in [0.15, 0.2) is 0 Å².